The van der Waals surface area contributed by atoms with E-state index in [0.717, 1.165) is 11.3 Å². The van der Waals surface area contributed by atoms with E-state index in [1.54, 1.807) is 7.05 Å². The van der Waals surface area contributed by atoms with Crippen molar-refractivity contribution in [1.29, 1.82) is 0 Å². The normalized spacial score (nSPS) is 12.3. The van der Waals surface area contributed by atoms with E-state index in [-0.39, 0.29) is 12.1 Å². The third-order valence-electron chi connectivity index (χ3n) is 2.29. The number of esters is 1. The molecule has 0 aliphatic rings. The first kappa shape index (κ1) is 13.5. The van der Waals surface area contributed by atoms with Gasteiger partial charge in [0.05, 0.1) is 13.2 Å². The summed E-state index contributed by atoms with van der Waals surface area (Å²) in [7, 11) is 3.10. The van der Waals surface area contributed by atoms with Crippen molar-refractivity contribution in [2.24, 2.45) is 0 Å². The van der Waals surface area contributed by atoms with Gasteiger partial charge in [0.2, 0.25) is 0 Å². The highest BCUT2D eigenvalue weighted by Crippen LogP contribution is 2.20. The molecule has 94 valence electrons. The maximum absolute atomic E-state index is 11.6. The lowest BCUT2D eigenvalue weighted by Crippen LogP contribution is -2.26. The Kier molecular flexibility index (Phi) is 4.97. The first-order valence-electron chi connectivity index (χ1n) is 5.60. The van der Waals surface area contributed by atoms with E-state index in [1.165, 1.54) is 7.11 Å². The molecule has 0 fully saturated rings. The van der Waals surface area contributed by atoms with E-state index in [0.29, 0.717) is 0 Å². The summed E-state index contributed by atoms with van der Waals surface area (Å²) in [6, 6.07) is 6.98. The first-order valence-corrected chi connectivity index (χ1v) is 5.60. The fourth-order valence-corrected chi connectivity index (χ4v) is 1.58. The Labute approximate surface area is 102 Å². The number of hydrogen-bond donors (Lipinski definition) is 1. The van der Waals surface area contributed by atoms with Crippen LogP contribution >= 0.6 is 0 Å². The number of ether oxygens (including phenoxy) is 2. The van der Waals surface area contributed by atoms with Crippen LogP contribution in [-0.2, 0) is 9.53 Å². The lowest BCUT2D eigenvalue weighted by molar-refractivity contribution is -0.143. The summed E-state index contributed by atoms with van der Waals surface area (Å²) in [6.45, 7) is 3.92. The zero-order chi connectivity index (χ0) is 12.8. The second-order valence-electron chi connectivity index (χ2n) is 3.98. The summed E-state index contributed by atoms with van der Waals surface area (Å²) >= 11 is 0. The van der Waals surface area contributed by atoms with E-state index in [2.05, 4.69) is 5.32 Å². The van der Waals surface area contributed by atoms with Gasteiger partial charge >= 0.3 is 5.97 Å². The molecule has 4 heteroatoms. The summed E-state index contributed by atoms with van der Waals surface area (Å²) in [6.07, 6.45) is 0.108. The summed E-state index contributed by atoms with van der Waals surface area (Å²) in [4.78, 5) is 11.6. The number of carbonyl (C=O) groups excluding carboxylic acids is 1. The van der Waals surface area contributed by atoms with Crippen molar-refractivity contribution in [3.63, 3.8) is 0 Å². The van der Waals surface area contributed by atoms with Crippen LogP contribution in [0.2, 0.25) is 0 Å². The number of methoxy groups -OCH3 is 1. The van der Waals surface area contributed by atoms with Crippen LogP contribution in [0.4, 0.5) is 0 Å². The highest BCUT2D eigenvalue weighted by Gasteiger charge is 2.19. The predicted octanol–water partition coefficient (Wildman–Crippen LogP) is 1.91. The van der Waals surface area contributed by atoms with Crippen molar-refractivity contribution in [2.75, 3.05) is 14.2 Å². The molecule has 0 saturated carbocycles. The average molecular weight is 237 g/mol. The van der Waals surface area contributed by atoms with Gasteiger partial charge in [-0.25, -0.2) is 4.79 Å². The fourth-order valence-electron chi connectivity index (χ4n) is 1.58. The molecule has 1 aromatic rings. The van der Waals surface area contributed by atoms with Gasteiger partial charge in [-0.05, 0) is 38.6 Å². The molecular weight excluding hydrogens is 218 g/mol. The van der Waals surface area contributed by atoms with Crippen molar-refractivity contribution in [1.82, 2.24) is 5.32 Å². The van der Waals surface area contributed by atoms with E-state index in [1.807, 2.05) is 38.1 Å². The van der Waals surface area contributed by atoms with Crippen molar-refractivity contribution in [3.05, 3.63) is 29.8 Å². The minimum absolute atomic E-state index is 0.108. The van der Waals surface area contributed by atoms with Crippen molar-refractivity contribution in [2.45, 2.75) is 26.0 Å². The predicted molar refractivity (Wildman–Crippen MR) is 66.0 cm³/mol. The van der Waals surface area contributed by atoms with Crippen molar-refractivity contribution < 1.29 is 14.3 Å². The van der Waals surface area contributed by atoms with Crippen LogP contribution in [0.25, 0.3) is 0 Å². The second kappa shape index (κ2) is 6.25. The SMILES string of the molecule is CNC(C(=O)OC)c1cccc(OC(C)C)c1. The van der Waals surface area contributed by atoms with Crippen LogP contribution in [0.5, 0.6) is 5.75 Å². The summed E-state index contributed by atoms with van der Waals surface area (Å²) < 4.78 is 10.3. The standard InChI is InChI=1S/C13H19NO3/c1-9(2)17-11-7-5-6-10(8-11)12(14-3)13(15)16-4/h5-9,12,14H,1-4H3. The van der Waals surface area contributed by atoms with E-state index in [9.17, 15) is 4.79 Å². The summed E-state index contributed by atoms with van der Waals surface area (Å²) in [5, 5.41) is 2.92. The second-order valence-corrected chi connectivity index (χ2v) is 3.98. The lowest BCUT2D eigenvalue weighted by Gasteiger charge is -2.16. The maximum Gasteiger partial charge on any atom is 0.327 e. The highest BCUT2D eigenvalue weighted by molar-refractivity contribution is 5.77. The molecule has 0 amide bonds. The molecule has 0 aromatic heterocycles. The quantitative estimate of drug-likeness (QED) is 0.795. The van der Waals surface area contributed by atoms with Gasteiger partial charge in [0.15, 0.2) is 0 Å². The van der Waals surface area contributed by atoms with Gasteiger partial charge in [0.25, 0.3) is 0 Å². The molecule has 0 aliphatic heterocycles. The number of nitrogens with one attached hydrogen (secondary N) is 1. The molecule has 0 radical (unpaired) electrons. The number of likely N-dealkylation sites (N-methyl/N-ethyl adjacent to an activating group) is 1. The van der Waals surface area contributed by atoms with Crippen molar-refractivity contribution in [3.8, 4) is 5.75 Å². The maximum atomic E-state index is 11.6. The smallest absolute Gasteiger partial charge is 0.327 e. The number of carbonyl (C=O) groups is 1. The number of benzene rings is 1. The largest absolute Gasteiger partial charge is 0.491 e. The molecule has 0 heterocycles. The van der Waals surface area contributed by atoms with Gasteiger partial charge in [-0.3, -0.25) is 0 Å². The summed E-state index contributed by atoms with van der Waals surface area (Å²) in [5.74, 6) is 0.441. The van der Waals surface area contributed by atoms with Crippen LogP contribution in [-0.4, -0.2) is 26.2 Å². The third kappa shape index (κ3) is 3.75. The van der Waals surface area contributed by atoms with E-state index >= 15 is 0 Å². The number of rotatable bonds is 5. The Morgan fingerprint density at radius 2 is 2.06 bits per heavy atom. The van der Waals surface area contributed by atoms with Gasteiger partial charge in [-0.15, -0.1) is 0 Å². The molecule has 1 aromatic carbocycles. The summed E-state index contributed by atoms with van der Waals surface area (Å²) in [5.41, 5.74) is 0.831. The molecule has 0 aliphatic carbocycles. The van der Waals surface area contributed by atoms with E-state index < -0.39 is 6.04 Å². The van der Waals surface area contributed by atoms with Crippen LogP contribution in [0, 0.1) is 0 Å². The fraction of sp³-hybridized carbons (Fsp3) is 0.462. The minimum Gasteiger partial charge on any atom is -0.491 e. The molecule has 1 N–H and O–H groups in total. The van der Waals surface area contributed by atoms with E-state index in [4.69, 9.17) is 9.47 Å². The van der Waals surface area contributed by atoms with Gasteiger partial charge in [0, 0.05) is 0 Å². The molecule has 0 saturated heterocycles. The zero-order valence-electron chi connectivity index (χ0n) is 10.7. The van der Waals surface area contributed by atoms with Crippen molar-refractivity contribution >= 4 is 5.97 Å². The molecule has 1 atom stereocenters. The minimum atomic E-state index is -0.462. The van der Waals surface area contributed by atoms with Gasteiger partial charge in [-0.2, -0.15) is 0 Å². The van der Waals surface area contributed by atoms with Gasteiger partial charge in [-0.1, -0.05) is 12.1 Å². The molecule has 17 heavy (non-hydrogen) atoms. The molecule has 4 nitrogen and oxygen atoms in total. The van der Waals surface area contributed by atoms with Crippen LogP contribution in [0.15, 0.2) is 24.3 Å². The Hall–Kier alpha value is -1.55. The Morgan fingerprint density at radius 3 is 2.59 bits per heavy atom. The third-order valence-corrected chi connectivity index (χ3v) is 2.29. The van der Waals surface area contributed by atoms with Gasteiger partial charge < -0.3 is 14.8 Å². The monoisotopic (exact) mass is 237 g/mol. The van der Waals surface area contributed by atoms with Crippen LogP contribution < -0.4 is 10.1 Å². The topological polar surface area (TPSA) is 47.6 Å². The molecular formula is C13H19NO3. The Morgan fingerprint density at radius 1 is 1.35 bits per heavy atom. The van der Waals surface area contributed by atoms with Gasteiger partial charge in [0.1, 0.15) is 11.8 Å². The number of hydrogen-bond acceptors (Lipinski definition) is 4. The molecule has 1 unspecified atom stereocenters. The zero-order valence-corrected chi connectivity index (χ0v) is 10.7. The first-order chi connectivity index (χ1) is 8.08. The van der Waals surface area contributed by atoms with Crippen LogP contribution in [0.1, 0.15) is 25.5 Å². The lowest BCUT2D eigenvalue weighted by atomic mass is 10.1. The average Bonchev–Trinajstić information content (AvgIpc) is 2.29. The molecule has 0 bridgehead atoms. The highest BCUT2D eigenvalue weighted by atomic mass is 16.5. The molecule has 0 spiro atoms. The molecule has 1 rings (SSSR count). The Bertz CT molecular complexity index is 377. The Balaban J connectivity index is 2.92. The van der Waals surface area contributed by atoms with Crippen LogP contribution in [0.3, 0.4) is 0 Å².